The highest BCUT2D eigenvalue weighted by Gasteiger charge is 2.32. The van der Waals surface area contributed by atoms with E-state index >= 15 is 0 Å². The zero-order valence-electron chi connectivity index (χ0n) is 8.12. The lowest BCUT2D eigenvalue weighted by Crippen LogP contribution is -2.32. The SMILES string of the molecule is CC(=O)c1c(C(C)(C)C)no[n+]1[O-]. The maximum atomic E-state index is 11.1. The van der Waals surface area contributed by atoms with Crippen LogP contribution in [0.2, 0.25) is 0 Å². The molecule has 1 rings (SSSR count). The average Bonchev–Trinajstić information content (AvgIpc) is 2.28. The maximum absolute atomic E-state index is 11.1. The minimum atomic E-state index is -0.361. The van der Waals surface area contributed by atoms with Crippen LogP contribution < -0.4 is 4.90 Å². The van der Waals surface area contributed by atoms with Crippen molar-refractivity contribution in [3.63, 3.8) is 0 Å². The molecule has 0 fully saturated rings. The molecule has 0 bridgehead atoms. The van der Waals surface area contributed by atoms with Crippen LogP contribution >= 0.6 is 0 Å². The Morgan fingerprint density at radius 1 is 1.54 bits per heavy atom. The molecule has 0 saturated heterocycles. The highest BCUT2D eigenvalue weighted by Crippen LogP contribution is 2.21. The number of Topliss-reactive ketones (excluding diaryl/α,β-unsaturated/α-hetero) is 1. The van der Waals surface area contributed by atoms with Crippen LogP contribution in [0.4, 0.5) is 0 Å². The normalized spacial score (nSPS) is 11.7. The number of carbonyl (C=O) groups excluding carboxylic acids is 1. The van der Waals surface area contributed by atoms with Gasteiger partial charge in [-0.05, 0) is 4.90 Å². The lowest BCUT2D eigenvalue weighted by molar-refractivity contribution is -0.803. The molecular weight excluding hydrogens is 172 g/mol. The standard InChI is InChI=1S/C8H12N2O3/c1-5(11)6-7(8(2,3)4)9-13-10(6)12/h1-4H3. The van der Waals surface area contributed by atoms with Crippen LogP contribution in [0, 0.1) is 5.21 Å². The molecule has 0 aliphatic carbocycles. The van der Waals surface area contributed by atoms with E-state index in [-0.39, 0.29) is 21.8 Å². The molecule has 1 heterocycles. The van der Waals surface area contributed by atoms with Gasteiger partial charge < -0.3 is 5.21 Å². The third kappa shape index (κ3) is 1.68. The Kier molecular flexibility index (Phi) is 2.11. The Labute approximate surface area is 75.9 Å². The number of aromatic nitrogens is 2. The first-order chi connectivity index (χ1) is 5.84. The second kappa shape index (κ2) is 2.83. The lowest BCUT2D eigenvalue weighted by Gasteiger charge is -2.10. The van der Waals surface area contributed by atoms with Crippen molar-refractivity contribution in [3.05, 3.63) is 16.6 Å². The van der Waals surface area contributed by atoms with E-state index in [2.05, 4.69) is 9.79 Å². The van der Waals surface area contributed by atoms with Crippen LogP contribution in [-0.4, -0.2) is 10.9 Å². The van der Waals surface area contributed by atoms with Gasteiger partial charge in [0.2, 0.25) is 11.5 Å². The summed E-state index contributed by atoms with van der Waals surface area (Å²) >= 11 is 0. The van der Waals surface area contributed by atoms with E-state index in [0.29, 0.717) is 5.69 Å². The van der Waals surface area contributed by atoms with Crippen molar-refractivity contribution in [2.24, 2.45) is 0 Å². The summed E-state index contributed by atoms with van der Waals surface area (Å²) < 4.78 is 4.37. The van der Waals surface area contributed by atoms with Crippen LogP contribution in [0.15, 0.2) is 4.63 Å². The molecule has 1 aromatic heterocycles. The van der Waals surface area contributed by atoms with Crippen LogP contribution in [0.25, 0.3) is 0 Å². The summed E-state index contributed by atoms with van der Waals surface area (Å²) in [6.45, 7) is 6.89. The summed E-state index contributed by atoms with van der Waals surface area (Å²) in [6, 6.07) is 0. The first-order valence-corrected chi connectivity index (χ1v) is 3.95. The second-order valence-corrected chi connectivity index (χ2v) is 3.93. The highest BCUT2D eigenvalue weighted by molar-refractivity contribution is 5.91. The quantitative estimate of drug-likeness (QED) is 0.478. The van der Waals surface area contributed by atoms with Crippen LogP contribution in [-0.2, 0) is 5.41 Å². The Morgan fingerprint density at radius 2 is 2.08 bits per heavy atom. The highest BCUT2D eigenvalue weighted by atomic mass is 16.8. The number of hydrogen-bond donors (Lipinski definition) is 0. The fourth-order valence-corrected chi connectivity index (χ4v) is 1.04. The summed E-state index contributed by atoms with van der Waals surface area (Å²) in [5, 5.41) is 14.6. The number of rotatable bonds is 1. The molecule has 5 heteroatoms. The zero-order valence-corrected chi connectivity index (χ0v) is 8.12. The molecule has 0 atom stereocenters. The zero-order chi connectivity index (χ0) is 10.2. The van der Waals surface area contributed by atoms with E-state index in [9.17, 15) is 10.0 Å². The number of hydrogen-bond acceptors (Lipinski definition) is 4. The van der Waals surface area contributed by atoms with Crippen LogP contribution in [0.5, 0.6) is 0 Å². The Hall–Kier alpha value is -1.39. The van der Waals surface area contributed by atoms with Gasteiger partial charge in [-0.15, -0.1) is 0 Å². The molecule has 0 radical (unpaired) electrons. The van der Waals surface area contributed by atoms with Crippen LogP contribution in [0.1, 0.15) is 43.9 Å². The molecule has 0 amide bonds. The van der Waals surface area contributed by atoms with Crippen molar-refractivity contribution >= 4 is 5.78 Å². The van der Waals surface area contributed by atoms with Crippen molar-refractivity contribution < 1.29 is 14.3 Å². The third-order valence-corrected chi connectivity index (χ3v) is 1.66. The summed E-state index contributed by atoms with van der Waals surface area (Å²) in [6.07, 6.45) is 0. The first kappa shape index (κ1) is 9.70. The van der Waals surface area contributed by atoms with Gasteiger partial charge in [0.25, 0.3) is 5.69 Å². The molecule has 0 spiro atoms. The van der Waals surface area contributed by atoms with Crippen molar-refractivity contribution in [3.8, 4) is 0 Å². The lowest BCUT2D eigenvalue weighted by atomic mass is 9.90. The van der Waals surface area contributed by atoms with E-state index in [1.165, 1.54) is 6.92 Å². The Bertz CT molecular complexity index is 336. The smallest absolute Gasteiger partial charge is 0.264 e. The predicted molar refractivity (Wildman–Crippen MR) is 44.2 cm³/mol. The van der Waals surface area contributed by atoms with E-state index in [4.69, 9.17) is 0 Å². The van der Waals surface area contributed by atoms with Gasteiger partial charge in [0.05, 0.1) is 0 Å². The Morgan fingerprint density at radius 3 is 2.38 bits per heavy atom. The van der Waals surface area contributed by atoms with Gasteiger partial charge in [0, 0.05) is 17.5 Å². The largest absolute Gasteiger partial charge is 0.359 e. The summed E-state index contributed by atoms with van der Waals surface area (Å²) in [7, 11) is 0. The molecule has 0 aliphatic heterocycles. The van der Waals surface area contributed by atoms with Crippen molar-refractivity contribution in [1.29, 1.82) is 0 Å². The second-order valence-electron chi connectivity index (χ2n) is 3.93. The van der Waals surface area contributed by atoms with Crippen molar-refractivity contribution in [2.45, 2.75) is 33.1 Å². The fraction of sp³-hybridized carbons (Fsp3) is 0.625. The maximum Gasteiger partial charge on any atom is 0.264 e. The average molecular weight is 184 g/mol. The molecule has 0 N–H and O–H groups in total. The van der Waals surface area contributed by atoms with Crippen LogP contribution in [0.3, 0.4) is 0 Å². The molecule has 0 aliphatic rings. The molecule has 0 saturated carbocycles. The van der Waals surface area contributed by atoms with Gasteiger partial charge >= 0.3 is 0 Å². The summed E-state index contributed by atoms with van der Waals surface area (Å²) in [5.74, 6) is -0.332. The minimum Gasteiger partial charge on any atom is -0.359 e. The molecule has 1 aromatic rings. The van der Waals surface area contributed by atoms with Gasteiger partial charge in [-0.1, -0.05) is 20.8 Å². The predicted octanol–water partition coefficient (Wildman–Crippen LogP) is 0.808. The Balaban J connectivity index is 3.31. The van der Waals surface area contributed by atoms with Gasteiger partial charge in [0.15, 0.2) is 0 Å². The van der Waals surface area contributed by atoms with Gasteiger partial charge in [-0.25, -0.2) is 0 Å². The van der Waals surface area contributed by atoms with E-state index in [0.717, 1.165) is 0 Å². The number of nitrogens with zero attached hydrogens (tertiary/aromatic N) is 2. The molecule has 0 unspecified atom stereocenters. The van der Waals surface area contributed by atoms with E-state index in [1.54, 1.807) is 0 Å². The van der Waals surface area contributed by atoms with E-state index in [1.807, 2.05) is 20.8 Å². The van der Waals surface area contributed by atoms with Crippen molar-refractivity contribution in [1.82, 2.24) is 5.16 Å². The minimum absolute atomic E-state index is 0.00694. The molecule has 0 aromatic carbocycles. The number of carbonyl (C=O) groups is 1. The topological polar surface area (TPSA) is 70.0 Å². The molecule has 5 nitrogen and oxygen atoms in total. The third-order valence-electron chi connectivity index (χ3n) is 1.66. The van der Waals surface area contributed by atoms with Gasteiger partial charge in [-0.2, -0.15) is 0 Å². The molecule has 13 heavy (non-hydrogen) atoms. The van der Waals surface area contributed by atoms with Gasteiger partial charge in [0.1, 0.15) is 0 Å². The summed E-state index contributed by atoms with van der Waals surface area (Å²) in [5.41, 5.74) is 0.0303. The number of ketones is 1. The monoisotopic (exact) mass is 184 g/mol. The summed E-state index contributed by atoms with van der Waals surface area (Å²) in [4.78, 5) is 11.2. The molecule has 72 valence electrons. The van der Waals surface area contributed by atoms with Gasteiger partial charge in [-0.3, -0.25) is 9.42 Å². The molecular formula is C8H12N2O3. The van der Waals surface area contributed by atoms with E-state index < -0.39 is 0 Å². The fourth-order valence-electron chi connectivity index (χ4n) is 1.04. The van der Waals surface area contributed by atoms with Crippen molar-refractivity contribution in [2.75, 3.05) is 0 Å². The first-order valence-electron chi connectivity index (χ1n) is 3.95.